The summed E-state index contributed by atoms with van der Waals surface area (Å²) in [6.45, 7) is 3.04. The second-order valence-electron chi connectivity index (χ2n) is 2.98. The van der Waals surface area contributed by atoms with Crippen LogP contribution in [0.25, 0.3) is 0 Å². The van der Waals surface area contributed by atoms with Crippen LogP contribution >= 0.6 is 0 Å². The Kier molecular flexibility index (Phi) is 4.67. The third-order valence-electron chi connectivity index (χ3n) is 1.27. The second kappa shape index (κ2) is 5.00. The van der Waals surface area contributed by atoms with Gasteiger partial charge >= 0.3 is 0 Å². The number of nitrogens with zero attached hydrogens (tertiary/aromatic N) is 1. The molecule has 0 heterocycles. The molecule has 0 aliphatic rings. The number of hydrogen-bond acceptors (Lipinski definition) is 2. The molecule has 74 valence electrons. The van der Waals surface area contributed by atoms with E-state index >= 15 is 0 Å². The highest BCUT2D eigenvalue weighted by Crippen LogP contribution is 2.04. The topological polar surface area (TPSA) is 72.5 Å². The summed E-state index contributed by atoms with van der Waals surface area (Å²) in [7, 11) is -2.87. The maximum Gasteiger partial charge on any atom is 0.251 e. The van der Waals surface area contributed by atoms with Crippen molar-refractivity contribution in [2.24, 2.45) is 15.4 Å². The first-order valence-corrected chi connectivity index (χ1v) is 5.58. The van der Waals surface area contributed by atoms with Gasteiger partial charge < -0.3 is 0 Å². The molecule has 5 heteroatoms. The predicted octanol–water partition coefficient (Wildman–Crippen LogP) is 0.534. The van der Waals surface area contributed by atoms with Crippen molar-refractivity contribution in [3.8, 4) is 12.3 Å². The van der Waals surface area contributed by atoms with Crippen molar-refractivity contribution in [1.29, 1.82) is 0 Å². The lowest BCUT2D eigenvalue weighted by molar-refractivity contribution is -0.115. The summed E-state index contributed by atoms with van der Waals surface area (Å²) in [6.07, 6.45) is 5.56. The lowest BCUT2D eigenvalue weighted by atomic mass is 10.1. The number of rotatable bonds is 3. The van der Waals surface area contributed by atoms with Gasteiger partial charge in [0, 0.05) is 19.1 Å². The molecule has 0 bridgehead atoms. The fraction of sp³-hybridized carbons (Fsp3) is 0.625. The first-order chi connectivity index (χ1) is 5.87. The Balaban J connectivity index is 4.45. The van der Waals surface area contributed by atoms with Crippen molar-refractivity contribution in [1.82, 2.24) is 0 Å². The number of carbonyl (C=O) groups is 1. The van der Waals surface area contributed by atoms with Crippen LogP contribution in [-0.4, -0.2) is 15.9 Å². The number of amides is 1. The molecule has 1 amide bonds. The van der Waals surface area contributed by atoms with Crippen molar-refractivity contribution in [2.45, 2.75) is 20.3 Å². The van der Waals surface area contributed by atoms with E-state index in [0.717, 1.165) is 0 Å². The maximum atomic E-state index is 11.4. The van der Waals surface area contributed by atoms with Gasteiger partial charge in [0.25, 0.3) is 5.91 Å². The van der Waals surface area contributed by atoms with Crippen molar-refractivity contribution in [3.05, 3.63) is 0 Å². The van der Waals surface area contributed by atoms with Gasteiger partial charge in [-0.15, -0.1) is 16.7 Å². The average molecular weight is 202 g/mol. The Morgan fingerprint density at radius 1 is 1.77 bits per heavy atom. The van der Waals surface area contributed by atoms with Crippen molar-refractivity contribution in [2.75, 3.05) is 5.75 Å². The zero-order valence-corrected chi connectivity index (χ0v) is 8.63. The van der Waals surface area contributed by atoms with E-state index in [9.17, 15) is 9.00 Å². The highest BCUT2D eigenvalue weighted by atomic mass is 32.2. The van der Waals surface area contributed by atoms with Crippen molar-refractivity contribution in [3.63, 3.8) is 0 Å². The molecule has 0 fully saturated rings. The zero-order valence-electron chi connectivity index (χ0n) is 7.82. The van der Waals surface area contributed by atoms with Crippen molar-refractivity contribution < 1.29 is 9.00 Å². The molecule has 13 heavy (non-hydrogen) atoms. The van der Waals surface area contributed by atoms with Crippen LogP contribution in [0, 0.1) is 18.3 Å². The SMILES string of the molecule is C#CC[C@H](C)CS(N)(=O)=NC(C)=O. The van der Waals surface area contributed by atoms with Gasteiger partial charge in [-0.25, -0.2) is 9.35 Å². The fourth-order valence-electron chi connectivity index (χ4n) is 0.923. The van der Waals surface area contributed by atoms with Crippen LogP contribution in [0.1, 0.15) is 20.3 Å². The summed E-state index contributed by atoms with van der Waals surface area (Å²) in [4.78, 5) is 10.5. The molecule has 0 radical (unpaired) electrons. The van der Waals surface area contributed by atoms with Crippen LogP contribution in [0.3, 0.4) is 0 Å². The molecule has 0 aliphatic carbocycles. The summed E-state index contributed by atoms with van der Waals surface area (Å²) < 4.78 is 14.7. The molecule has 0 aromatic carbocycles. The summed E-state index contributed by atoms with van der Waals surface area (Å²) in [6, 6.07) is 0. The molecule has 1 unspecified atom stereocenters. The van der Waals surface area contributed by atoms with Gasteiger partial charge in [0.05, 0.1) is 0 Å². The monoisotopic (exact) mass is 202 g/mol. The molecule has 0 rings (SSSR count). The molecule has 0 aromatic rings. The van der Waals surface area contributed by atoms with Gasteiger partial charge in [0.1, 0.15) is 9.92 Å². The lowest BCUT2D eigenvalue weighted by Gasteiger charge is -2.07. The minimum atomic E-state index is -2.87. The Labute approximate surface area is 79.2 Å². The second-order valence-corrected chi connectivity index (χ2v) is 4.88. The molecular formula is C8H14N2O2S. The van der Waals surface area contributed by atoms with Gasteiger partial charge in [-0.1, -0.05) is 6.92 Å². The molecule has 0 aliphatic heterocycles. The van der Waals surface area contributed by atoms with Gasteiger partial charge in [-0.3, -0.25) is 4.79 Å². The standard InChI is InChI=1S/C8H14N2O2S/c1-4-5-7(2)6-13(9,12)10-8(3)11/h1,7H,5-6H2,2-3H3,(H2,9,10,11,12)/t7-,13?/m0/s1. The Bertz CT molecular complexity index is 335. The van der Waals surface area contributed by atoms with Crippen LogP contribution < -0.4 is 5.14 Å². The fourth-order valence-corrected chi connectivity index (χ4v) is 2.37. The molecule has 2 atom stereocenters. The van der Waals surface area contributed by atoms with Gasteiger partial charge in [0.2, 0.25) is 0 Å². The first-order valence-electron chi connectivity index (χ1n) is 3.84. The van der Waals surface area contributed by atoms with E-state index in [1.807, 2.05) is 6.92 Å². The third-order valence-corrected chi connectivity index (χ3v) is 2.89. The van der Waals surface area contributed by atoms with Crippen molar-refractivity contribution >= 4 is 15.8 Å². The Morgan fingerprint density at radius 3 is 2.69 bits per heavy atom. The smallest absolute Gasteiger partial charge is 0.251 e. The molecule has 0 saturated carbocycles. The lowest BCUT2D eigenvalue weighted by Crippen LogP contribution is -2.22. The molecule has 4 nitrogen and oxygen atoms in total. The zero-order chi connectivity index (χ0) is 10.5. The molecule has 0 spiro atoms. The summed E-state index contributed by atoms with van der Waals surface area (Å²) in [5.74, 6) is 2.10. The van der Waals surface area contributed by atoms with E-state index < -0.39 is 15.8 Å². The largest absolute Gasteiger partial charge is 0.272 e. The normalized spacial score (nSPS) is 16.8. The number of terminal acetylenes is 1. The van der Waals surface area contributed by atoms with Crippen LogP contribution in [0.5, 0.6) is 0 Å². The van der Waals surface area contributed by atoms with Crippen LogP contribution in [0.4, 0.5) is 0 Å². The Morgan fingerprint density at radius 2 is 2.31 bits per heavy atom. The highest BCUT2D eigenvalue weighted by molar-refractivity contribution is 7.91. The molecule has 0 saturated heterocycles. The molecular weight excluding hydrogens is 188 g/mol. The highest BCUT2D eigenvalue weighted by Gasteiger charge is 2.09. The van der Waals surface area contributed by atoms with Gasteiger partial charge in [0.15, 0.2) is 0 Å². The number of hydrogen-bond donors (Lipinski definition) is 1. The van der Waals surface area contributed by atoms with E-state index in [4.69, 9.17) is 11.6 Å². The maximum absolute atomic E-state index is 11.4. The van der Waals surface area contributed by atoms with Gasteiger partial charge in [-0.2, -0.15) is 0 Å². The quantitative estimate of drug-likeness (QED) is 0.678. The van der Waals surface area contributed by atoms with Gasteiger partial charge in [-0.05, 0) is 5.92 Å². The summed E-state index contributed by atoms with van der Waals surface area (Å²) >= 11 is 0. The van der Waals surface area contributed by atoms with E-state index in [-0.39, 0.29) is 11.7 Å². The average Bonchev–Trinajstić information content (AvgIpc) is 1.81. The summed E-state index contributed by atoms with van der Waals surface area (Å²) in [5, 5.41) is 5.32. The Hall–Kier alpha value is -0.860. The minimum absolute atomic E-state index is 0.0191. The summed E-state index contributed by atoms with van der Waals surface area (Å²) in [5.41, 5.74) is 0. The van der Waals surface area contributed by atoms with E-state index in [2.05, 4.69) is 10.3 Å². The van der Waals surface area contributed by atoms with Crippen LogP contribution in [0.2, 0.25) is 0 Å². The first kappa shape index (κ1) is 12.1. The minimum Gasteiger partial charge on any atom is -0.272 e. The van der Waals surface area contributed by atoms with E-state index in [1.54, 1.807) is 0 Å². The van der Waals surface area contributed by atoms with E-state index in [0.29, 0.717) is 6.42 Å². The predicted molar refractivity (Wildman–Crippen MR) is 52.9 cm³/mol. The molecule has 2 N–H and O–H groups in total. The molecule has 0 aromatic heterocycles. The van der Waals surface area contributed by atoms with E-state index in [1.165, 1.54) is 6.92 Å². The van der Waals surface area contributed by atoms with Crippen LogP contribution in [0.15, 0.2) is 4.36 Å². The van der Waals surface area contributed by atoms with Crippen LogP contribution in [-0.2, 0) is 14.7 Å². The number of carbonyl (C=O) groups excluding carboxylic acids is 1. The third kappa shape index (κ3) is 6.31. The number of nitrogens with two attached hydrogens (primary N) is 1.